The fourth-order valence-electron chi connectivity index (χ4n) is 1.17. The van der Waals surface area contributed by atoms with Crippen LogP contribution in [0.2, 0.25) is 5.02 Å². The first-order valence-electron chi connectivity index (χ1n) is 3.52. The van der Waals surface area contributed by atoms with Gasteiger partial charge < -0.3 is 4.42 Å². The summed E-state index contributed by atoms with van der Waals surface area (Å²) >= 11 is 5.56. The average Bonchev–Trinajstić information content (AvgIpc) is 2.39. The van der Waals surface area contributed by atoms with Gasteiger partial charge in [0.05, 0.1) is 5.02 Å². The zero-order valence-corrected chi connectivity index (χ0v) is 7.15. The van der Waals surface area contributed by atoms with Gasteiger partial charge in [0.15, 0.2) is 11.4 Å². The molecule has 0 aliphatic heterocycles. The van der Waals surface area contributed by atoms with Crippen LogP contribution in [0.4, 0.5) is 4.39 Å². The Bertz CT molecular complexity index is 433. The molecule has 0 N–H and O–H groups in total. The third-order valence-electron chi connectivity index (χ3n) is 1.70. The molecule has 2 aromatic rings. The molecular formula is C9H6ClFO. The summed E-state index contributed by atoms with van der Waals surface area (Å²) in [5.74, 6) is 0.202. The summed E-state index contributed by atoms with van der Waals surface area (Å²) < 4.78 is 18.3. The van der Waals surface area contributed by atoms with Crippen LogP contribution >= 0.6 is 11.6 Å². The number of benzene rings is 1. The molecule has 0 spiro atoms. The van der Waals surface area contributed by atoms with Crippen molar-refractivity contribution in [2.45, 2.75) is 6.92 Å². The predicted octanol–water partition coefficient (Wildman–Crippen LogP) is 3.53. The van der Waals surface area contributed by atoms with Gasteiger partial charge in [-0.3, -0.25) is 0 Å². The van der Waals surface area contributed by atoms with Crippen LogP contribution in [0.3, 0.4) is 0 Å². The first-order chi connectivity index (χ1) is 5.68. The van der Waals surface area contributed by atoms with E-state index in [1.165, 1.54) is 6.07 Å². The number of halogens is 2. The second-order valence-electron chi connectivity index (χ2n) is 2.64. The van der Waals surface area contributed by atoms with Crippen molar-refractivity contribution < 1.29 is 8.81 Å². The Morgan fingerprint density at radius 1 is 1.42 bits per heavy atom. The van der Waals surface area contributed by atoms with Gasteiger partial charge in [-0.15, -0.1) is 0 Å². The van der Waals surface area contributed by atoms with Crippen molar-refractivity contribution in [2.24, 2.45) is 0 Å². The topological polar surface area (TPSA) is 13.1 Å². The maximum Gasteiger partial charge on any atom is 0.184 e. The Labute approximate surface area is 73.7 Å². The van der Waals surface area contributed by atoms with Crippen molar-refractivity contribution in [2.75, 3.05) is 0 Å². The maximum atomic E-state index is 13.2. The van der Waals surface area contributed by atoms with E-state index < -0.39 is 5.82 Å². The lowest BCUT2D eigenvalue weighted by Crippen LogP contribution is -1.75. The highest BCUT2D eigenvalue weighted by atomic mass is 35.5. The molecule has 0 amide bonds. The number of rotatable bonds is 0. The minimum atomic E-state index is -0.484. The van der Waals surface area contributed by atoms with Crippen molar-refractivity contribution in [3.05, 3.63) is 34.8 Å². The van der Waals surface area contributed by atoms with Gasteiger partial charge in [-0.05, 0) is 25.1 Å². The van der Waals surface area contributed by atoms with Crippen LogP contribution < -0.4 is 0 Å². The molecule has 0 bridgehead atoms. The lowest BCUT2D eigenvalue weighted by Gasteiger charge is -1.92. The smallest absolute Gasteiger partial charge is 0.184 e. The molecular weight excluding hydrogens is 179 g/mol. The Morgan fingerprint density at radius 2 is 2.17 bits per heavy atom. The van der Waals surface area contributed by atoms with Crippen LogP contribution in [0, 0.1) is 12.7 Å². The molecule has 0 saturated carbocycles. The highest BCUT2D eigenvalue weighted by Gasteiger charge is 2.09. The van der Waals surface area contributed by atoms with Crippen LogP contribution in [0.1, 0.15) is 5.76 Å². The van der Waals surface area contributed by atoms with Crippen LogP contribution in [0.5, 0.6) is 0 Å². The number of fused-ring (bicyclic) bond motifs is 1. The molecule has 1 nitrogen and oxygen atoms in total. The Hall–Kier alpha value is -1.02. The first kappa shape index (κ1) is 7.62. The van der Waals surface area contributed by atoms with Gasteiger partial charge in [-0.1, -0.05) is 11.6 Å². The Balaban J connectivity index is 2.89. The van der Waals surface area contributed by atoms with Gasteiger partial charge in [0.1, 0.15) is 5.76 Å². The van der Waals surface area contributed by atoms with Crippen LogP contribution in [0.25, 0.3) is 11.0 Å². The minimum absolute atomic E-state index is 0.0943. The quantitative estimate of drug-likeness (QED) is 0.611. The molecule has 0 saturated heterocycles. The molecule has 0 fully saturated rings. The molecule has 62 valence electrons. The van der Waals surface area contributed by atoms with Crippen molar-refractivity contribution >= 4 is 22.6 Å². The van der Waals surface area contributed by atoms with Gasteiger partial charge in [0.2, 0.25) is 0 Å². The average molecular weight is 185 g/mol. The van der Waals surface area contributed by atoms with E-state index >= 15 is 0 Å². The Morgan fingerprint density at radius 3 is 2.92 bits per heavy atom. The second-order valence-corrected chi connectivity index (χ2v) is 3.04. The van der Waals surface area contributed by atoms with Gasteiger partial charge in [-0.2, -0.15) is 0 Å². The van der Waals surface area contributed by atoms with Crippen molar-refractivity contribution in [1.29, 1.82) is 0 Å². The molecule has 0 radical (unpaired) electrons. The number of furan rings is 1. The summed E-state index contributed by atoms with van der Waals surface area (Å²) in [5, 5.41) is 0.839. The van der Waals surface area contributed by atoms with Gasteiger partial charge in [0.25, 0.3) is 0 Å². The highest BCUT2D eigenvalue weighted by molar-refractivity contribution is 6.31. The van der Waals surface area contributed by atoms with Crippen LogP contribution in [0.15, 0.2) is 22.6 Å². The summed E-state index contributed by atoms with van der Waals surface area (Å²) in [6.45, 7) is 1.77. The van der Waals surface area contributed by atoms with E-state index in [0.717, 1.165) is 5.39 Å². The summed E-state index contributed by atoms with van der Waals surface area (Å²) in [6.07, 6.45) is 0. The molecule has 0 unspecified atom stereocenters. The van der Waals surface area contributed by atoms with E-state index in [0.29, 0.717) is 5.76 Å². The van der Waals surface area contributed by atoms with E-state index in [9.17, 15) is 4.39 Å². The van der Waals surface area contributed by atoms with Crippen LogP contribution in [-0.4, -0.2) is 0 Å². The number of aryl methyl sites for hydroxylation is 1. The molecule has 12 heavy (non-hydrogen) atoms. The minimum Gasteiger partial charge on any atom is -0.458 e. The van der Waals surface area contributed by atoms with Gasteiger partial charge in [0, 0.05) is 5.39 Å². The Kier molecular flexibility index (Phi) is 1.58. The van der Waals surface area contributed by atoms with E-state index in [4.69, 9.17) is 16.0 Å². The SMILES string of the molecule is Cc1cc2ccc(Cl)c(F)c2o1. The van der Waals surface area contributed by atoms with E-state index in [2.05, 4.69) is 0 Å². The molecule has 0 aliphatic rings. The molecule has 1 heterocycles. The molecule has 1 aromatic heterocycles. The maximum absolute atomic E-state index is 13.2. The van der Waals surface area contributed by atoms with Crippen LogP contribution in [-0.2, 0) is 0 Å². The summed E-state index contributed by atoms with van der Waals surface area (Å²) in [5.41, 5.74) is 0.236. The standard InChI is InChI=1S/C9H6ClFO/c1-5-4-6-2-3-7(10)8(11)9(6)12-5/h2-4H,1H3. The van der Waals surface area contributed by atoms with E-state index in [-0.39, 0.29) is 10.6 Å². The normalized spacial score (nSPS) is 10.9. The van der Waals surface area contributed by atoms with Gasteiger partial charge in [-0.25, -0.2) is 4.39 Å². The van der Waals surface area contributed by atoms with Crippen molar-refractivity contribution in [3.8, 4) is 0 Å². The van der Waals surface area contributed by atoms with Gasteiger partial charge >= 0.3 is 0 Å². The fourth-order valence-corrected chi connectivity index (χ4v) is 1.32. The summed E-state index contributed by atoms with van der Waals surface area (Å²) in [4.78, 5) is 0. The third-order valence-corrected chi connectivity index (χ3v) is 1.99. The first-order valence-corrected chi connectivity index (χ1v) is 3.90. The van der Waals surface area contributed by atoms with Crippen molar-refractivity contribution in [1.82, 2.24) is 0 Å². The van der Waals surface area contributed by atoms with Crippen molar-refractivity contribution in [3.63, 3.8) is 0 Å². The second kappa shape index (κ2) is 2.49. The molecule has 2 rings (SSSR count). The monoisotopic (exact) mass is 184 g/mol. The highest BCUT2D eigenvalue weighted by Crippen LogP contribution is 2.26. The summed E-state index contributed by atoms with van der Waals surface area (Å²) in [6, 6.07) is 5.03. The number of hydrogen-bond donors (Lipinski definition) is 0. The largest absolute Gasteiger partial charge is 0.458 e. The molecule has 0 aliphatic carbocycles. The molecule has 3 heteroatoms. The zero-order valence-electron chi connectivity index (χ0n) is 6.40. The molecule has 1 aromatic carbocycles. The number of hydrogen-bond acceptors (Lipinski definition) is 1. The third kappa shape index (κ3) is 0.994. The molecule has 0 atom stereocenters. The lowest BCUT2D eigenvalue weighted by molar-refractivity contribution is 0.539. The fraction of sp³-hybridized carbons (Fsp3) is 0.111. The summed E-state index contributed by atoms with van der Waals surface area (Å²) in [7, 11) is 0. The van der Waals surface area contributed by atoms with E-state index in [1.807, 2.05) is 0 Å². The predicted molar refractivity (Wildman–Crippen MR) is 45.9 cm³/mol. The van der Waals surface area contributed by atoms with E-state index in [1.54, 1.807) is 19.1 Å². The lowest BCUT2D eigenvalue weighted by atomic mass is 10.2. The zero-order chi connectivity index (χ0) is 8.72.